The van der Waals surface area contributed by atoms with E-state index in [-0.39, 0.29) is 5.56 Å². The number of H-pyrrole nitrogens is 1. The first kappa shape index (κ1) is 14.8. The van der Waals surface area contributed by atoms with Crippen molar-refractivity contribution in [3.63, 3.8) is 0 Å². The molecule has 0 amide bonds. The van der Waals surface area contributed by atoms with Gasteiger partial charge in [0.15, 0.2) is 10.6 Å². The highest BCUT2D eigenvalue weighted by molar-refractivity contribution is 7.71. The average Bonchev–Trinajstić information content (AvgIpc) is 3.33. The largest absolute Gasteiger partial charge is 0.299 e. The van der Waals surface area contributed by atoms with Crippen molar-refractivity contribution in [1.29, 1.82) is 0 Å². The van der Waals surface area contributed by atoms with Crippen LogP contribution in [0.25, 0.3) is 10.8 Å². The second-order valence-electron chi connectivity index (χ2n) is 6.86. The Bertz CT molecular complexity index is 1110. The van der Waals surface area contributed by atoms with E-state index in [2.05, 4.69) is 32.0 Å². The molecule has 1 aromatic carbocycles. The predicted octanol–water partition coefficient (Wildman–Crippen LogP) is 2.84. The van der Waals surface area contributed by atoms with E-state index in [4.69, 9.17) is 12.2 Å². The molecule has 126 valence electrons. The molecule has 2 bridgehead atoms. The molecule has 2 aliphatic carbocycles. The minimum absolute atomic E-state index is 0.105. The summed E-state index contributed by atoms with van der Waals surface area (Å²) < 4.78 is 4.18. The van der Waals surface area contributed by atoms with Gasteiger partial charge in [0.25, 0.3) is 5.56 Å². The van der Waals surface area contributed by atoms with Crippen molar-refractivity contribution in [1.82, 2.24) is 24.5 Å². The number of fused-ring (bicyclic) bond motifs is 3. The zero-order chi connectivity index (χ0) is 17.0. The van der Waals surface area contributed by atoms with E-state index in [1.807, 2.05) is 24.3 Å². The zero-order valence-corrected chi connectivity index (χ0v) is 14.3. The number of aromatic nitrogens is 5. The van der Waals surface area contributed by atoms with Gasteiger partial charge >= 0.3 is 0 Å². The predicted molar refractivity (Wildman–Crippen MR) is 96.9 cm³/mol. The fourth-order valence-electron chi connectivity index (χ4n) is 4.21. The third-order valence-electron chi connectivity index (χ3n) is 5.41. The third-order valence-corrected chi connectivity index (χ3v) is 5.69. The summed E-state index contributed by atoms with van der Waals surface area (Å²) in [7, 11) is 0. The normalized spacial score (nSPS) is 24.4. The summed E-state index contributed by atoms with van der Waals surface area (Å²) in [5.74, 6) is 1.91. The highest BCUT2D eigenvalue weighted by Gasteiger charge is 2.38. The minimum Gasteiger partial charge on any atom is -0.299 e. The molecule has 2 heterocycles. The number of nitrogens with one attached hydrogen (secondary N) is 1. The highest BCUT2D eigenvalue weighted by atomic mass is 32.1. The summed E-state index contributed by atoms with van der Waals surface area (Å²) in [6, 6.07) is 7.82. The molecule has 0 aliphatic heterocycles. The Morgan fingerprint density at radius 3 is 2.92 bits per heavy atom. The van der Waals surface area contributed by atoms with Crippen LogP contribution in [0.5, 0.6) is 0 Å². The van der Waals surface area contributed by atoms with Crippen LogP contribution in [0.3, 0.4) is 0 Å². The average molecular weight is 351 g/mol. The number of hydrogen-bond acceptors (Lipinski definition) is 4. The molecule has 5 rings (SSSR count). The monoisotopic (exact) mass is 351 g/mol. The molecule has 0 unspecified atom stereocenters. The lowest BCUT2D eigenvalue weighted by Crippen LogP contribution is -2.26. The Balaban J connectivity index is 1.56. The Morgan fingerprint density at radius 2 is 2.12 bits per heavy atom. The lowest BCUT2D eigenvalue weighted by atomic mass is 10.0. The Kier molecular flexibility index (Phi) is 3.24. The lowest BCUT2D eigenvalue weighted by molar-refractivity contribution is 0.407. The van der Waals surface area contributed by atoms with Crippen LogP contribution in [0, 0.1) is 16.6 Å². The topological polar surface area (TPSA) is 68.5 Å². The van der Waals surface area contributed by atoms with Crippen LogP contribution in [0.15, 0.2) is 47.4 Å². The summed E-state index contributed by atoms with van der Waals surface area (Å²) >= 11 is 5.46. The van der Waals surface area contributed by atoms with E-state index < -0.39 is 0 Å². The summed E-state index contributed by atoms with van der Waals surface area (Å²) in [6.07, 6.45) is 8.59. The third kappa shape index (κ3) is 2.30. The highest BCUT2D eigenvalue weighted by Crippen LogP contribution is 2.46. The summed E-state index contributed by atoms with van der Waals surface area (Å²) in [5, 5.41) is 13.1. The number of nitrogens with zero attached hydrogens (tertiary/aromatic N) is 4. The van der Waals surface area contributed by atoms with Crippen molar-refractivity contribution in [2.75, 3.05) is 0 Å². The Labute approximate surface area is 148 Å². The summed E-state index contributed by atoms with van der Waals surface area (Å²) in [5.41, 5.74) is -0.105. The van der Waals surface area contributed by atoms with Gasteiger partial charge in [0.1, 0.15) is 6.54 Å². The van der Waals surface area contributed by atoms with E-state index in [1.54, 1.807) is 6.20 Å². The van der Waals surface area contributed by atoms with Gasteiger partial charge in [-0.25, -0.2) is 4.68 Å². The van der Waals surface area contributed by atoms with Gasteiger partial charge in [0.2, 0.25) is 0 Å². The van der Waals surface area contributed by atoms with Gasteiger partial charge in [-0.05, 0) is 43.0 Å². The van der Waals surface area contributed by atoms with Crippen molar-refractivity contribution in [3.05, 3.63) is 63.6 Å². The summed E-state index contributed by atoms with van der Waals surface area (Å²) in [6.45, 7) is 0.314. The minimum atomic E-state index is -0.105. The molecule has 0 radical (unpaired) electrons. The van der Waals surface area contributed by atoms with Crippen LogP contribution in [-0.2, 0) is 6.54 Å². The number of allylic oxidation sites excluding steroid dienone is 2. The van der Waals surface area contributed by atoms with Crippen molar-refractivity contribution < 1.29 is 0 Å². The van der Waals surface area contributed by atoms with Gasteiger partial charge in [-0.3, -0.25) is 14.5 Å². The number of hydrogen-bond donors (Lipinski definition) is 1. The van der Waals surface area contributed by atoms with Crippen molar-refractivity contribution in [3.8, 4) is 0 Å². The molecule has 3 atom stereocenters. The molecular formula is C18H17N5OS. The van der Waals surface area contributed by atoms with E-state index in [1.165, 1.54) is 11.1 Å². The van der Waals surface area contributed by atoms with Crippen LogP contribution in [0.1, 0.15) is 24.7 Å². The Hall–Kier alpha value is -2.54. The molecular weight excluding hydrogens is 334 g/mol. The van der Waals surface area contributed by atoms with Gasteiger partial charge in [0, 0.05) is 11.4 Å². The standard InChI is InChI=1S/C18H17N5OS/c24-17-14-4-2-1-3-13(14)9-19-22(17)10-16-20-21-18(25)23(16)15-8-11-5-6-12(15)7-11/h1-6,9,11-12,15H,7-8,10H2,(H,21,25)/t11-,12-,15+/m1/s1. The number of benzene rings is 1. The van der Waals surface area contributed by atoms with Crippen molar-refractivity contribution in [2.45, 2.75) is 25.4 Å². The molecule has 7 heteroatoms. The van der Waals surface area contributed by atoms with E-state index >= 15 is 0 Å². The van der Waals surface area contributed by atoms with E-state index in [0.29, 0.717) is 34.6 Å². The first-order chi connectivity index (χ1) is 12.2. The van der Waals surface area contributed by atoms with Crippen LogP contribution in [0.2, 0.25) is 0 Å². The molecule has 2 aromatic heterocycles. The maximum absolute atomic E-state index is 12.7. The molecule has 3 aromatic rings. The first-order valence-corrected chi connectivity index (χ1v) is 8.90. The molecule has 25 heavy (non-hydrogen) atoms. The van der Waals surface area contributed by atoms with Gasteiger partial charge in [-0.1, -0.05) is 30.4 Å². The van der Waals surface area contributed by atoms with Gasteiger partial charge < -0.3 is 0 Å². The van der Waals surface area contributed by atoms with E-state index in [0.717, 1.165) is 17.6 Å². The van der Waals surface area contributed by atoms with Gasteiger partial charge in [-0.15, -0.1) is 0 Å². The van der Waals surface area contributed by atoms with Crippen LogP contribution < -0.4 is 5.56 Å². The van der Waals surface area contributed by atoms with Crippen LogP contribution in [0.4, 0.5) is 0 Å². The van der Waals surface area contributed by atoms with Crippen LogP contribution in [-0.4, -0.2) is 24.5 Å². The molecule has 1 N–H and O–H groups in total. The number of aromatic amines is 1. The molecule has 1 saturated carbocycles. The fraction of sp³-hybridized carbons (Fsp3) is 0.333. The second kappa shape index (κ2) is 5.49. The zero-order valence-electron chi connectivity index (χ0n) is 13.5. The molecule has 0 spiro atoms. The van der Waals surface area contributed by atoms with Crippen molar-refractivity contribution in [2.24, 2.45) is 11.8 Å². The SMILES string of the molecule is O=c1c2ccccc2cnn1Cc1n[nH]c(=S)n1[C@H]1C[C@@H]2C=C[C@@H]1C2. The van der Waals surface area contributed by atoms with E-state index in [9.17, 15) is 4.79 Å². The summed E-state index contributed by atoms with van der Waals surface area (Å²) in [4.78, 5) is 12.7. The smallest absolute Gasteiger partial charge is 0.275 e. The van der Waals surface area contributed by atoms with Gasteiger partial charge in [-0.2, -0.15) is 10.2 Å². The molecule has 0 saturated heterocycles. The van der Waals surface area contributed by atoms with Gasteiger partial charge in [0.05, 0.1) is 11.6 Å². The first-order valence-electron chi connectivity index (χ1n) is 8.49. The molecule has 6 nitrogen and oxygen atoms in total. The second-order valence-corrected chi connectivity index (χ2v) is 7.24. The molecule has 1 fully saturated rings. The maximum atomic E-state index is 12.7. The Morgan fingerprint density at radius 1 is 1.24 bits per heavy atom. The lowest BCUT2D eigenvalue weighted by Gasteiger charge is -2.21. The molecule has 2 aliphatic rings. The number of rotatable bonds is 3. The van der Waals surface area contributed by atoms with Crippen molar-refractivity contribution >= 4 is 23.0 Å². The fourth-order valence-corrected chi connectivity index (χ4v) is 4.50. The van der Waals surface area contributed by atoms with Crippen LogP contribution >= 0.6 is 12.2 Å². The maximum Gasteiger partial charge on any atom is 0.275 e. The quantitative estimate of drug-likeness (QED) is 0.582.